The van der Waals surface area contributed by atoms with Crippen LogP contribution in [0.15, 0.2) is 28.2 Å². The summed E-state index contributed by atoms with van der Waals surface area (Å²) in [6.07, 6.45) is 1.32. The highest BCUT2D eigenvalue weighted by Crippen LogP contribution is 2.27. The molecule has 0 atom stereocenters. The number of esters is 1. The number of aryl methyl sites for hydroxylation is 2. The van der Waals surface area contributed by atoms with Gasteiger partial charge < -0.3 is 9.72 Å². The Morgan fingerprint density at radius 1 is 1.42 bits per heavy atom. The molecule has 0 spiro atoms. The molecular weight excluding hydrogens is 384 g/mol. The number of aromatic nitrogens is 3. The minimum atomic E-state index is -2.71. The molecule has 136 valence electrons. The molecule has 0 saturated carbocycles. The number of fused-ring (bicyclic) bond motifs is 1. The number of nitrogens with zero attached hydrogens (tertiary/aromatic N) is 2. The molecule has 0 amide bonds. The number of pyridine rings is 1. The van der Waals surface area contributed by atoms with Gasteiger partial charge in [0.25, 0.3) is 11.3 Å². The number of hydrogen-bond acceptors (Lipinski definition) is 7. The summed E-state index contributed by atoms with van der Waals surface area (Å²) in [7, 11) is 0. The summed E-state index contributed by atoms with van der Waals surface area (Å²) in [5.41, 5.74) is 0.494. The van der Waals surface area contributed by atoms with Crippen LogP contribution >= 0.6 is 23.1 Å². The highest BCUT2D eigenvalue weighted by Gasteiger charge is 2.19. The highest BCUT2D eigenvalue weighted by molar-refractivity contribution is 7.99. The highest BCUT2D eigenvalue weighted by atomic mass is 32.2. The molecular formula is C16H13F2N3O3S2. The van der Waals surface area contributed by atoms with Gasteiger partial charge in [-0.3, -0.25) is 4.79 Å². The Morgan fingerprint density at radius 3 is 2.92 bits per heavy atom. The lowest BCUT2D eigenvalue weighted by molar-refractivity contribution is 0.0457. The summed E-state index contributed by atoms with van der Waals surface area (Å²) in [6.45, 7) is 3.45. The second kappa shape index (κ2) is 7.50. The normalized spacial score (nSPS) is 11.3. The van der Waals surface area contributed by atoms with Crippen molar-refractivity contribution in [3.63, 3.8) is 0 Å². The van der Waals surface area contributed by atoms with E-state index >= 15 is 0 Å². The number of ether oxygens (including phenoxy) is 1. The molecule has 0 saturated heterocycles. The smallest absolute Gasteiger partial charge is 0.341 e. The molecule has 0 aliphatic rings. The van der Waals surface area contributed by atoms with Gasteiger partial charge in [0.05, 0.1) is 10.9 Å². The van der Waals surface area contributed by atoms with Gasteiger partial charge in [0.15, 0.2) is 0 Å². The molecule has 0 radical (unpaired) electrons. The molecule has 0 aromatic carbocycles. The molecule has 3 aromatic heterocycles. The standard InChI is InChI=1S/C16H13F2N3O3S2/c1-7-8(2)25-14-11(7)12(22)20-10(21-14)6-24-15(23)9-4-3-5-19-13(9)26-16(17)18/h3-5,16H,6H2,1-2H3,(H,20,21,22). The van der Waals surface area contributed by atoms with E-state index in [0.717, 1.165) is 10.4 Å². The lowest BCUT2D eigenvalue weighted by Crippen LogP contribution is -2.14. The van der Waals surface area contributed by atoms with E-state index in [2.05, 4.69) is 15.0 Å². The van der Waals surface area contributed by atoms with Gasteiger partial charge in [-0.2, -0.15) is 8.78 Å². The van der Waals surface area contributed by atoms with Crippen LogP contribution in [0.25, 0.3) is 10.2 Å². The van der Waals surface area contributed by atoms with E-state index in [0.29, 0.717) is 10.2 Å². The van der Waals surface area contributed by atoms with E-state index in [1.54, 1.807) is 0 Å². The molecule has 10 heteroatoms. The first kappa shape index (κ1) is 18.5. The third-order valence-corrected chi connectivity index (χ3v) is 5.45. The van der Waals surface area contributed by atoms with Gasteiger partial charge in [-0.05, 0) is 43.3 Å². The van der Waals surface area contributed by atoms with Gasteiger partial charge in [0, 0.05) is 11.1 Å². The third-order valence-electron chi connectivity index (χ3n) is 3.62. The van der Waals surface area contributed by atoms with Crippen LogP contribution in [0.1, 0.15) is 26.6 Å². The zero-order valence-corrected chi connectivity index (χ0v) is 15.3. The Morgan fingerprint density at radius 2 is 2.19 bits per heavy atom. The second-order valence-electron chi connectivity index (χ2n) is 5.29. The van der Waals surface area contributed by atoms with Crippen molar-refractivity contribution in [3.05, 3.63) is 50.5 Å². The molecule has 0 bridgehead atoms. The average molecular weight is 397 g/mol. The first-order valence-corrected chi connectivity index (χ1v) is 9.12. The predicted molar refractivity (Wildman–Crippen MR) is 94.9 cm³/mol. The third kappa shape index (κ3) is 3.75. The number of thioether (sulfide) groups is 1. The number of H-pyrrole nitrogens is 1. The summed E-state index contributed by atoms with van der Waals surface area (Å²) in [4.78, 5) is 36.6. The maximum Gasteiger partial charge on any atom is 0.341 e. The van der Waals surface area contributed by atoms with E-state index < -0.39 is 11.7 Å². The summed E-state index contributed by atoms with van der Waals surface area (Å²) in [5, 5.41) is 0.402. The first-order chi connectivity index (χ1) is 12.4. The van der Waals surface area contributed by atoms with Crippen molar-refractivity contribution in [2.75, 3.05) is 0 Å². The van der Waals surface area contributed by atoms with Crippen LogP contribution in [0, 0.1) is 13.8 Å². The number of nitrogens with one attached hydrogen (secondary N) is 1. The van der Waals surface area contributed by atoms with Gasteiger partial charge in [-0.1, -0.05) is 0 Å². The molecule has 26 heavy (non-hydrogen) atoms. The lowest BCUT2D eigenvalue weighted by Gasteiger charge is -2.08. The molecule has 0 unspecified atom stereocenters. The average Bonchev–Trinajstić information content (AvgIpc) is 2.87. The Kier molecular flexibility index (Phi) is 5.33. The van der Waals surface area contributed by atoms with Crippen LogP contribution in [0.2, 0.25) is 0 Å². The summed E-state index contributed by atoms with van der Waals surface area (Å²) >= 11 is 1.55. The van der Waals surface area contributed by atoms with Gasteiger partial charge in [-0.15, -0.1) is 11.3 Å². The number of hydrogen-bond donors (Lipinski definition) is 1. The Labute approximate surface area is 154 Å². The Balaban J connectivity index is 1.80. The Hall–Kier alpha value is -2.33. The predicted octanol–water partition coefficient (Wildman–Crippen LogP) is 3.67. The van der Waals surface area contributed by atoms with Crippen molar-refractivity contribution in [2.24, 2.45) is 0 Å². The molecule has 6 nitrogen and oxygen atoms in total. The molecule has 0 aliphatic carbocycles. The quantitative estimate of drug-likeness (QED) is 0.522. The fourth-order valence-corrected chi connectivity index (χ4v) is 3.92. The van der Waals surface area contributed by atoms with Crippen molar-refractivity contribution >= 4 is 39.3 Å². The molecule has 3 rings (SSSR count). The van der Waals surface area contributed by atoms with E-state index in [1.165, 1.54) is 29.7 Å². The maximum absolute atomic E-state index is 12.6. The van der Waals surface area contributed by atoms with E-state index in [-0.39, 0.29) is 40.3 Å². The van der Waals surface area contributed by atoms with Gasteiger partial charge in [0.1, 0.15) is 22.3 Å². The Bertz CT molecular complexity index is 1030. The molecule has 3 heterocycles. The maximum atomic E-state index is 12.6. The van der Waals surface area contributed by atoms with Crippen molar-refractivity contribution in [1.29, 1.82) is 0 Å². The summed E-state index contributed by atoms with van der Waals surface area (Å²) in [5.74, 6) is -3.34. The van der Waals surface area contributed by atoms with Gasteiger partial charge in [-0.25, -0.2) is 14.8 Å². The zero-order chi connectivity index (χ0) is 18.8. The van der Waals surface area contributed by atoms with Crippen LogP contribution in [-0.4, -0.2) is 26.7 Å². The zero-order valence-electron chi connectivity index (χ0n) is 13.7. The van der Waals surface area contributed by atoms with Crippen LogP contribution in [0.3, 0.4) is 0 Å². The van der Waals surface area contributed by atoms with Crippen LogP contribution in [0.4, 0.5) is 8.78 Å². The number of carbonyl (C=O) groups is 1. The van der Waals surface area contributed by atoms with Crippen LogP contribution in [-0.2, 0) is 11.3 Å². The summed E-state index contributed by atoms with van der Waals surface area (Å²) < 4.78 is 30.2. The number of aromatic amines is 1. The minimum absolute atomic E-state index is 0.0657. The van der Waals surface area contributed by atoms with E-state index in [4.69, 9.17) is 4.74 Å². The van der Waals surface area contributed by atoms with Crippen molar-refractivity contribution < 1.29 is 18.3 Å². The lowest BCUT2D eigenvalue weighted by atomic mass is 10.2. The fourth-order valence-electron chi connectivity index (χ4n) is 2.30. The number of rotatable bonds is 5. The van der Waals surface area contributed by atoms with Crippen LogP contribution in [0.5, 0.6) is 0 Å². The molecule has 0 aliphatic heterocycles. The molecule has 1 N–H and O–H groups in total. The van der Waals surface area contributed by atoms with Crippen molar-refractivity contribution in [3.8, 4) is 0 Å². The first-order valence-electron chi connectivity index (χ1n) is 7.42. The van der Waals surface area contributed by atoms with Crippen molar-refractivity contribution in [2.45, 2.75) is 31.2 Å². The second-order valence-corrected chi connectivity index (χ2v) is 7.47. The van der Waals surface area contributed by atoms with E-state index in [1.807, 2.05) is 13.8 Å². The number of carbonyl (C=O) groups excluding carboxylic acids is 1. The minimum Gasteiger partial charge on any atom is -0.454 e. The van der Waals surface area contributed by atoms with Gasteiger partial charge >= 0.3 is 5.97 Å². The number of halogens is 2. The fraction of sp³-hybridized carbons (Fsp3) is 0.250. The van der Waals surface area contributed by atoms with Gasteiger partial charge in [0.2, 0.25) is 0 Å². The van der Waals surface area contributed by atoms with E-state index in [9.17, 15) is 18.4 Å². The number of thiophene rings is 1. The SMILES string of the molecule is Cc1sc2nc(COC(=O)c3cccnc3SC(F)F)[nH]c(=O)c2c1C. The molecule has 0 fully saturated rings. The molecule has 3 aromatic rings. The van der Waals surface area contributed by atoms with Crippen LogP contribution < -0.4 is 5.56 Å². The largest absolute Gasteiger partial charge is 0.454 e. The monoisotopic (exact) mass is 397 g/mol. The number of alkyl halides is 2. The summed E-state index contributed by atoms with van der Waals surface area (Å²) in [6, 6.07) is 2.81. The topological polar surface area (TPSA) is 84.9 Å². The van der Waals surface area contributed by atoms with Crippen molar-refractivity contribution in [1.82, 2.24) is 15.0 Å².